The van der Waals surface area contributed by atoms with Crippen LogP contribution in [0.5, 0.6) is 11.5 Å². The van der Waals surface area contributed by atoms with Crippen LogP contribution in [-0.4, -0.2) is 30.8 Å². The molecule has 2 rings (SSSR count). The third kappa shape index (κ3) is 4.24. The largest absolute Gasteiger partial charge is 0.490 e. The molecule has 0 radical (unpaired) electrons. The molecule has 3 nitrogen and oxygen atoms in total. The van der Waals surface area contributed by atoms with E-state index in [-0.39, 0.29) is 5.75 Å². The Labute approximate surface area is 122 Å². The second-order valence-electron chi connectivity index (χ2n) is 4.50. The molecule has 1 aromatic carbocycles. The van der Waals surface area contributed by atoms with Gasteiger partial charge in [0.05, 0.1) is 6.61 Å². The van der Waals surface area contributed by atoms with Crippen LogP contribution in [0.25, 0.3) is 0 Å². The number of nitrogens with one attached hydrogen (secondary N) is 1. The van der Waals surface area contributed by atoms with Crippen molar-refractivity contribution in [1.82, 2.24) is 5.32 Å². The predicted molar refractivity (Wildman–Crippen MR) is 76.8 cm³/mol. The highest BCUT2D eigenvalue weighted by Gasteiger charge is 2.18. The summed E-state index contributed by atoms with van der Waals surface area (Å²) in [6, 6.07) is 5.67. The Morgan fingerprint density at radius 1 is 1.45 bits per heavy atom. The quantitative estimate of drug-likeness (QED) is 0.837. The Morgan fingerprint density at radius 2 is 2.30 bits per heavy atom. The molecule has 1 aliphatic rings. The van der Waals surface area contributed by atoms with E-state index in [1.165, 1.54) is 0 Å². The molecule has 0 unspecified atom stereocenters. The maximum atomic E-state index is 12.6. The molecule has 6 heteroatoms. The number of thioether (sulfide) groups is 1. The van der Waals surface area contributed by atoms with Gasteiger partial charge < -0.3 is 14.8 Å². The molecule has 1 saturated heterocycles. The Hall–Kier alpha value is -1.01. The Bertz CT molecular complexity index is 426. The van der Waals surface area contributed by atoms with Crippen LogP contribution < -0.4 is 14.8 Å². The summed E-state index contributed by atoms with van der Waals surface area (Å²) in [5.41, 5.74) is 0.702. The van der Waals surface area contributed by atoms with Crippen molar-refractivity contribution < 1.29 is 18.3 Å². The fourth-order valence-electron chi connectivity index (χ4n) is 2.14. The third-order valence-corrected chi connectivity index (χ3v) is 4.24. The van der Waals surface area contributed by atoms with E-state index in [9.17, 15) is 8.78 Å². The average molecular weight is 303 g/mol. The molecule has 1 heterocycles. The lowest BCUT2D eigenvalue weighted by Gasteiger charge is -2.17. The normalized spacial score (nSPS) is 18.5. The first-order valence-corrected chi connectivity index (χ1v) is 7.86. The summed E-state index contributed by atoms with van der Waals surface area (Å²) in [5, 5.41) is 3.38. The molecule has 0 aliphatic carbocycles. The van der Waals surface area contributed by atoms with Gasteiger partial charge in [-0.1, -0.05) is 12.1 Å². The van der Waals surface area contributed by atoms with Crippen LogP contribution in [0, 0.1) is 0 Å². The zero-order valence-corrected chi connectivity index (χ0v) is 12.2. The molecule has 0 aromatic heterocycles. The van der Waals surface area contributed by atoms with Crippen LogP contribution in [0.4, 0.5) is 8.78 Å². The van der Waals surface area contributed by atoms with Crippen molar-refractivity contribution in [1.29, 1.82) is 0 Å². The summed E-state index contributed by atoms with van der Waals surface area (Å²) in [5.74, 6) is 2.73. The predicted octanol–water partition coefficient (Wildman–Crippen LogP) is 3.28. The average Bonchev–Trinajstić information content (AvgIpc) is 2.92. The maximum Gasteiger partial charge on any atom is 0.387 e. The smallest absolute Gasteiger partial charge is 0.387 e. The Balaban J connectivity index is 2.09. The van der Waals surface area contributed by atoms with Crippen molar-refractivity contribution in [3.63, 3.8) is 0 Å². The van der Waals surface area contributed by atoms with E-state index in [4.69, 9.17) is 4.74 Å². The minimum atomic E-state index is -2.85. The van der Waals surface area contributed by atoms with Crippen LogP contribution in [0.1, 0.15) is 18.9 Å². The van der Waals surface area contributed by atoms with Crippen molar-refractivity contribution >= 4 is 11.8 Å². The van der Waals surface area contributed by atoms with Crippen molar-refractivity contribution in [2.45, 2.75) is 32.5 Å². The number of para-hydroxylation sites is 1. The fraction of sp³-hybridized carbons (Fsp3) is 0.571. The van der Waals surface area contributed by atoms with Gasteiger partial charge in [0.2, 0.25) is 0 Å². The summed E-state index contributed by atoms with van der Waals surface area (Å²) in [4.78, 5) is 0. The number of ether oxygens (including phenoxy) is 2. The van der Waals surface area contributed by atoms with E-state index >= 15 is 0 Å². The van der Waals surface area contributed by atoms with Crippen LogP contribution in [0.3, 0.4) is 0 Å². The molecular weight excluding hydrogens is 284 g/mol. The zero-order chi connectivity index (χ0) is 14.4. The molecule has 1 N–H and O–H groups in total. The standard InChI is InChI=1S/C14H19F2NO2S/c1-2-18-12-5-3-4-10(13(12)19-14(15)16)8-17-11-6-7-20-9-11/h3-5,11,14,17H,2,6-9H2,1H3/t11-/m1/s1. The molecule has 112 valence electrons. The first kappa shape index (κ1) is 15.4. The van der Waals surface area contributed by atoms with E-state index in [0.29, 0.717) is 30.5 Å². The van der Waals surface area contributed by atoms with Gasteiger partial charge in [0.1, 0.15) is 0 Å². The van der Waals surface area contributed by atoms with Gasteiger partial charge in [0.25, 0.3) is 0 Å². The van der Waals surface area contributed by atoms with E-state index in [1.807, 2.05) is 18.7 Å². The Morgan fingerprint density at radius 3 is 2.95 bits per heavy atom. The zero-order valence-electron chi connectivity index (χ0n) is 11.4. The highest BCUT2D eigenvalue weighted by molar-refractivity contribution is 7.99. The van der Waals surface area contributed by atoms with Crippen molar-refractivity contribution in [3.8, 4) is 11.5 Å². The third-order valence-electron chi connectivity index (χ3n) is 3.08. The molecule has 1 atom stereocenters. The van der Waals surface area contributed by atoms with Crippen LogP contribution >= 0.6 is 11.8 Å². The van der Waals surface area contributed by atoms with Gasteiger partial charge in [-0.2, -0.15) is 20.5 Å². The van der Waals surface area contributed by atoms with Gasteiger partial charge in [-0.15, -0.1) is 0 Å². The second-order valence-corrected chi connectivity index (χ2v) is 5.65. The SMILES string of the molecule is CCOc1cccc(CN[C@@H]2CCSC2)c1OC(F)F. The van der Waals surface area contributed by atoms with E-state index in [1.54, 1.807) is 18.2 Å². The molecule has 0 amide bonds. The molecule has 0 saturated carbocycles. The van der Waals surface area contributed by atoms with Gasteiger partial charge in [-0.3, -0.25) is 0 Å². The van der Waals surface area contributed by atoms with Gasteiger partial charge in [0.15, 0.2) is 11.5 Å². The van der Waals surface area contributed by atoms with Gasteiger partial charge in [-0.05, 0) is 25.2 Å². The van der Waals surface area contributed by atoms with E-state index < -0.39 is 6.61 Å². The number of benzene rings is 1. The lowest BCUT2D eigenvalue weighted by Crippen LogP contribution is -2.28. The van der Waals surface area contributed by atoms with Crippen LogP contribution in [-0.2, 0) is 6.54 Å². The van der Waals surface area contributed by atoms with Gasteiger partial charge in [-0.25, -0.2) is 0 Å². The molecule has 1 aliphatic heterocycles. The molecule has 0 spiro atoms. The summed E-state index contributed by atoms with van der Waals surface area (Å²) < 4.78 is 35.1. The van der Waals surface area contributed by atoms with Gasteiger partial charge in [0, 0.05) is 23.9 Å². The lowest BCUT2D eigenvalue weighted by atomic mass is 10.1. The number of hydrogen-bond acceptors (Lipinski definition) is 4. The minimum absolute atomic E-state index is 0.141. The number of alkyl halides is 2. The highest BCUT2D eigenvalue weighted by Crippen LogP contribution is 2.33. The monoisotopic (exact) mass is 303 g/mol. The van der Waals surface area contributed by atoms with Crippen molar-refractivity contribution in [3.05, 3.63) is 23.8 Å². The van der Waals surface area contributed by atoms with Crippen molar-refractivity contribution in [2.24, 2.45) is 0 Å². The first-order valence-electron chi connectivity index (χ1n) is 6.71. The fourth-order valence-corrected chi connectivity index (χ4v) is 3.33. The maximum absolute atomic E-state index is 12.6. The molecule has 1 fully saturated rings. The number of rotatable bonds is 7. The number of hydrogen-bond donors (Lipinski definition) is 1. The highest BCUT2D eigenvalue weighted by atomic mass is 32.2. The summed E-state index contributed by atoms with van der Waals surface area (Å²) >= 11 is 1.91. The van der Waals surface area contributed by atoms with Crippen LogP contribution in [0.15, 0.2) is 18.2 Å². The van der Waals surface area contributed by atoms with Crippen LogP contribution in [0.2, 0.25) is 0 Å². The molecular formula is C14H19F2NO2S. The molecule has 20 heavy (non-hydrogen) atoms. The summed E-state index contributed by atoms with van der Waals surface area (Å²) in [7, 11) is 0. The minimum Gasteiger partial charge on any atom is -0.490 e. The summed E-state index contributed by atoms with van der Waals surface area (Å²) in [6.45, 7) is -0.117. The number of halogens is 2. The van der Waals surface area contributed by atoms with Crippen molar-refractivity contribution in [2.75, 3.05) is 18.1 Å². The Kier molecular flexibility index (Phi) is 5.91. The molecule has 0 bridgehead atoms. The second kappa shape index (κ2) is 7.69. The first-order chi connectivity index (χ1) is 9.70. The topological polar surface area (TPSA) is 30.5 Å². The van der Waals surface area contributed by atoms with E-state index in [0.717, 1.165) is 17.9 Å². The lowest BCUT2D eigenvalue weighted by molar-refractivity contribution is -0.0521. The summed E-state index contributed by atoms with van der Waals surface area (Å²) in [6.07, 6.45) is 1.11. The molecule has 1 aromatic rings. The van der Waals surface area contributed by atoms with Gasteiger partial charge >= 0.3 is 6.61 Å². The van der Waals surface area contributed by atoms with E-state index in [2.05, 4.69) is 10.1 Å².